The summed E-state index contributed by atoms with van der Waals surface area (Å²) >= 11 is 0. The third-order valence-electron chi connectivity index (χ3n) is 5.01. The molecule has 2 heterocycles. The monoisotopic (exact) mass is 344 g/mol. The van der Waals surface area contributed by atoms with Crippen LogP contribution in [0.2, 0.25) is 0 Å². The summed E-state index contributed by atoms with van der Waals surface area (Å²) < 4.78 is 15.8. The number of hydrogen-bond donors (Lipinski definition) is 2. The normalized spacial score (nSPS) is 20.6. The largest absolute Gasteiger partial charge is 0.355 e. The van der Waals surface area contributed by atoms with Gasteiger partial charge >= 0.3 is 0 Å². The minimum Gasteiger partial charge on any atom is -0.355 e. The van der Waals surface area contributed by atoms with Gasteiger partial charge in [-0.15, -0.1) is 0 Å². The molecule has 0 saturated carbocycles. The van der Waals surface area contributed by atoms with E-state index in [1.54, 1.807) is 16.8 Å². The third-order valence-corrected chi connectivity index (χ3v) is 5.01. The molecule has 0 spiro atoms. The number of aromatic nitrogens is 2. The van der Waals surface area contributed by atoms with Gasteiger partial charge in [-0.05, 0) is 17.2 Å². The first kappa shape index (κ1) is 17.6. The van der Waals surface area contributed by atoms with Crippen LogP contribution in [0.5, 0.6) is 0 Å². The highest BCUT2D eigenvalue weighted by Crippen LogP contribution is 2.29. The summed E-state index contributed by atoms with van der Waals surface area (Å²) in [6.07, 6.45) is 3.78. The quantitative estimate of drug-likeness (QED) is 0.872. The van der Waals surface area contributed by atoms with Crippen molar-refractivity contribution in [1.29, 1.82) is 0 Å². The number of aryl methyl sites for hydroxylation is 1. The molecule has 0 aliphatic carbocycles. The lowest BCUT2D eigenvalue weighted by atomic mass is 9.83. The number of halogens is 1. The second kappa shape index (κ2) is 6.96. The average Bonchev–Trinajstić information content (AvgIpc) is 3.21. The highest BCUT2D eigenvalue weighted by molar-refractivity contribution is 5.80. The number of rotatable bonds is 5. The van der Waals surface area contributed by atoms with Crippen molar-refractivity contribution in [1.82, 2.24) is 20.4 Å². The van der Waals surface area contributed by atoms with E-state index < -0.39 is 5.41 Å². The fraction of sp³-hybridized carbons (Fsp3) is 0.474. The molecule has 3 rings (SSSR count). The molecule has 25 heavy (non-hydrogen) atoms. The van der Waals surface area contributed by atoms with Crippen molar-refractivity contribution in [3.63, 3.8) is 0 Å². The molecule has 1 aliphatic heterocycles. The summed E-state index contributed by atoms with van der Waals surface area (Å²) in [7, 11) is 1.87. The standard InChI is InChI=1S/C19H25FN4O/c1-19(2,16-6-4-5-7-17(16)20)12-22-18(25)15-10-21-9-14(15)13-8-23-24(3)11-13/h4-8,11,14-15,21H,9-10,12H2,1-3H3,(H,22,25)/t14-,15+/m1/s1. The molecule has 5 nitrogen and oxygen atoms in total. The summed E-state index contributed by atoms with van der Waals surface area (Å²) in [5, 5.41) is 10.5. The van der Waals surface area contributed by atoms with E-state index in [4.69, 9.17) is 0 Å². The Kier molecular flexibility index (Phi) is 4.90. The van der Waals surface area contributed by atoms with Gasteiger partial charge in [-0.25, -0.2) is 4.39 Å². The van der Waals surface area contributed by atoms with Gasteiger partial charge in [0.15, 0.2) is 0 Å². The summed E-state index contributed by atoms with van der Waals surface area (Å²) in [6.45, 7) is 5.68. The fourth-order valence-corrected chi connectivity index (χ4v) is 3.48. The van der Waals surface area contributed by atoms with Gasteiger partial charge in [0, 0.05) is 44.2 Å². The molecule has 1 saturated heterocycles. The Morgan fingerprint density at radius 1 is 1.40 bits per heavy atom. The van der Waals surface area contributed by atoms with Crippen LogP contribution in [-0.2, 0) is 17.3 Å². The van der Waals surface area contributed by atoms with Gasteiger partial charge in [-0.2, -0.15) is 5.10 Å². The Morgan fingerprint density at radius 3 is 2.84 bits per heavy atom. The van der Waals surface area contributed by atoms with Crippen LogP contribution in [0, 0.1) is 11.7 Å². The van der Waals surface area contributed by atoms with Crippen LogP contribution >= 0.6 is 0 Å². The van der Waals surface area contributed by atoms with Crippen LogP contribution in [-0.4, -0.2) is 35.3 Å². The van der Waals surface area contributed by atoms with E-state index >= 15 is 0 Å². The molecule has 1 amide bonds. The minimum absolute atomic E-state index is 0.00303. The van der Waals surface area contributed by atoms with Crippen LogP contribution in [0.15, 0.2) is 36.7 Å². The van der Waals surface area contributed by atoms with Crippen LogP contribution in [0.25, 0.3) is 0 Å². The highest BCUT2D eigenvalue weighted by Gasteiger charge is 2.35. The Bertz CT molecular complexity index is 755. The Hall–Kier alpha value is -2.21. The first-order valence-electron chi connectivity index (χ1n) is 8.60. The predicted molar refractivity (Wildman–Crippen MR) is 94.7 cm³/mol. The van der Waals surface area contributed by atoms with Crippen LogP contribution in [0.1, 0.15) is 30.9 Å². The van der Waals surface area contributed by atoms with E-state index in [0.29, 0.717) is 18.7 Å². The van der Waals surface area contributed by atoms with Crippen LogP contribution < -0.4 is 10.6 Å². The molecule has 0 unspecified atom stereocenters. The second-order valence-electron chi connectivity index (χ2n) is 7.40. The Labute approximate surface area is 147 Å². The van der Waals surface area contributed by atoms with Crippen LogP contribution in [0.3, 0.4) is 0 Å². The number of benzene rings is 1. The summed E-state index contributed by atoms with van der Waals surface area (Å²) in [6, 6.07) is 6.73. The molecular formula is C19H25FN4O. The van der Waals surface area contributed by atoms with Crippen molar-refractivity contribution in [2.75, 3.05) is 19.6 Å². The zero-order chi connectivity index (χ0) is 18.0. The smallest absolute Gasteiger partial charge is 0.225 e. The lowest BCUT2D eigenvalue weighted by molar-refractivity contribution is -0.125. The zero-order valence-electron chi connectivity index (χ0n) is 14.9. The van der Waals surface area contributed by atoms with E-state index in [9.17, 15) is 9.18 Å². The molecule has 2 N–H and O–H groups in total. The van der Waals surface area contributed by atoms with Crippen molar-refractivity contribution in [2.24, 2.45) is 13.0 Å². The number of nitrogens with zero attached hydrogens (tertiary/aromatic N) is 2. The molecule has 0 bridgehead atoms. The van der Waals surface area contributed by atoms with Crippen molar-refractivity contribution < 1.29 is 9.18 Å². The summed E-state index contributed by atoms with van der Waals surface area (Å²) in [5.74, 6) is -0.258. The van der Waals surface area contributed by atoms with Crippen molar-refractivity contribution in [2.45, 2.75) is 25.2 Å². The number of amides is 1. The molecule has 2 aromatic rings. The SMILES string of the molecule is Cn1cc([C@H]2CNC[C@@H]2C(=O)NCC(C)(C)c2ccccc2F)cn1. The maximum Gasteiger partial charge on any atom is 0.225 e. The molecule has 1 aromatic heterocycles. The lowest BCUT2D eigenvalue weighted by Gasteiger charge is -2.27. The Balaban J connectivity index is 1.66. The summed E-state index contributed by atoms with van der Waals surface area (Å²) in [5.41, 5.74) is 1.21. The van der Waals surface area contributed by atoms with Crippen molar-refractivity contribution in [3.05, 3.63) is 53.6 Å². The predicted octanol–water partition coefficient (Wildman–Crippen LogP) is 1.96. The molecule has 6 heteroatoms. The van der Waals surface area contributed by atoms with Crippen molar-refractivity contribution in [3.8, 4) is 0 Å². The van der Waals surface area contributed by atoms with Gasteiger partial charge in [-0.1, -0.05) is 32.0 Å². The first-order chi connectivity index (χ1) is 11.9. The van der Waals surface area contributed by atoms with E-state index in [1.165, 1.54) is 6.07 Å². The highest BCUT2D eigenvalue weighted by atomic mass is 19.1. The Morgan fingerprint density at radius 2 is 2.16 bits per heavy atom. The van der Waals surface area contributed by atoms with E-state index in [1.807, 2.05) is 39.4 Å². The third kappa shape index (κ3) is 3.74. The van der Waals surface area contributed by atoms with E-state index in [-0.39, 0.29) is 23.6 Å². The first-order valence-corrected chi connectivity index (χ1v) is 8.60. The van der Waals surface area contributed by atoms with Gasteiger partial charge in [0.25, 0.3) is 0 Å². The maximum absolute atomic E-state index is 14.1. The summed E-state index contributed by atoms with van der Waals surface area (Å²) in [4.78, 5) is 12.7. The molecule has 1 aromatic carbocycles. The zero-order valence-corrected chi connectivity index (χ0v) is 14.9. The maximum atomic E-state index is 14.1. The van der Waals surface area contributed by atoms with Gasteiger partial charge in [0.2, 0.25) is 5.91 Å². The molecule has 1 fully saturated rings. The molecular weight excluding hydrogens is 319 g/mol. The topological polar surface area (TPSA) is 59.0 Å². The molecule has 1 aliphatic rings. The molecule has 2 atom stereocenters. The lowest BCUT2D eigenvalue weighted by Crippen LogP contribution is -2.41. The fourth-order valence-electron chi connectivity index (χ4n) is 3.48. The minimum atomic E-state index is -0.475. The van der Waals surface area contributed by atoms with Crippen LogP contribution in [0.4, 0.5) is 4.39 Å². The number of nitrogens with one attached hydrogen (secondary N) is 2. The second-order valence-corrected chi connectivity index (χ2v) is 7.40. The molecule has 134 valence electrons. The van der Waals surface area contributed by atoms with Gasteiger partial charge in [0.1, 0.15) is 5.82 Å². The van der Waals surface area contributed by atoms with Crippen molar-refractivity contribution >= 4 is 5.91 Å². The van der Waals surface area contributed by atoms with E-state index in [2.05, 4.69) is 15.7 Å². The van der Waals surface area contributed by atoms with Gasteiger partial charge < -0.3 is 10.6 Å². The number of carbonyl (C=O) groups is 1. The number of carbonyl (C=O) groups excluding carboxylic acids is 1. The molecule has 0 radical (unpaired) electrons. The van der Waals surface area contributed by atoms with E-state index in [0.717, 1.165) is 12.1 Å². The number of hydrogen-bond acceptors (Lipinski definition) is 3. The van der Waals surface area contributed by atoms with Gasteiger partial charge in [-0.3, -0.25) is 9.48 Å². The van der Waals surface area contributed by atoms with Gasteiger partial charge in [0.05, 0.1) is 12.1 Å². The average molecular weight is 344 g/mol.